The first-order valence-electron chi connectivity index (χ1n) is 11.3. The van der Waals surface area contributed by atoms with Crippen LogP contribution in [0.3, 0.4) is 0 Å². The zero-order valence-electron chi connectivity index (χ0n) is 18.9. The quantitative estimate of drug-likeness (QED) is 0.660. The number of benzene rings is 2. The molecule has 1 saturated heterocycles. The number of ether oxygens (including phenoxy) is 1. The van der Waals surface area contributed by atoms with Gasteiger partial charge < -0.3 is 20.1 Å². The Morgan fingerprint density at radius 2 is 1.63 bits per heavy atom. The highest BCUT2D eigenvalue weighted by molar-refractivity contribution is 5.87. The molecule has 0 bridgehead atoms. The van der Waals surface area contributed by atoms with E-state index < -0.39 is 36.1 Å². The van der Waals surface area contributed by atoms with Crippen LogP contribution in [0.15, 0.2) is 48.5 Å². The van der Waals surface area contributed by atoms with E-state index in [0.29, 0.717) is 0 Å². The van der Waals surface area contributed by atoms with Crippen LogP contribution in [-0.4, -0.2) is 59.9 Å². The van der Waals surface area contributed by atoms with E-state index in [9.17, 15) is 32.7 Å². The van der Waals surface area contributed by atoms with E-state index in [1.807, 2.05) is 48.5 Å². The van der Waals surface area contributed by atoms with E-state index in [1.54, 1.807) is 12.2 Å². The Morgan fingerprint density at radius 3 is 2.17 bits per heavy atom. The number of nitrogens with one attached hydrogen (secondary N) is 1. The van der Waals surface area contributed by atoms with Gasteiger partial charge in [0, 0.05) is 19.0 Å². The van der Waals surface area contributed by atoms with Crippen molar-refractivity contribution in [3.63, 3.8) is 0 Å². The topological polar surface area (TPSA) is 95.9 Å². The molecule has 2 N–H and O–H groups in total. The van der Waals surface area contributed by atoms with Crippen molar-refractivity contribution < 1.29 is 37.4 Å². The van der Waals surface area contributed by atoms with Crippen molar-refractivity contribution in [2.24, 2.45) is 11.8 Å². The number of carboxylic acids is 1. The molecule has 1 fully saturated rings. The molecule has 1 aliphatic heterocycles. The molecule has 7 nitrogen and oxygen atoms in total. The molecular formula is C25H25F3N2O5. The number of aliphatic carboxylic acids is 1. The summed E-state index contributed by atoms with van der Waals surface area (Å²) >= 11 is 0. The number of carbonyl (C=O) groups excluding carboxylic acids is 2. The van der Waals surface area contributed by atoms with Gasteiger partial charge in [-0.25, -0.2) is 4.79 Å². The van der Waals surface area contributed by atoms with Gasteiger partial charge in [-0.15, -0.1) is 0 Å². The first-order chi connectivity index (χ1) is 16.6. The van der Waals surface area contributed by atoms with Crippen molar-refractivity contribution in [3.8, 4) is 11.1 Å². The van der Waals surface area contributed by atoms with Crippen LogP contribution in [0.5, 0.6) is 0 Å². The maximum atomic E-state index is 13.7. The predicted octanol–water partition coefficient (Wildman–Crippen LogP) is 4.03. The average molecular weight is 490 g/mol. The monoisotopic (exact) mass is 490 g/mol. The van der Waals surface area contributed by atoms with Crippen LogP contribution >= 0.6 is 0 Å². The standard InChI is InChI=1S/C25H25F3N2O5/c1-14-10-15(23(32)33)12-30(11-14)22(31)21(25(26,27)28)29-24(34)35-13-20-18-8-4-2-6-16(18)17-7-3-5-9-19(17)20/h2-9,14-15,20-21H,10-13H2,1H3,(H,29,34)(H,32,33). The molecule has 0 spiro atoms. The second kappa shape index (κ2) is 9.59. The van der Waals surface area contributed by atoms with Crippen molar-refractivity contribution in [3.05, 3.63) is 59.7 Å². The predicted molar refractivity (Wildman–Crippen MR) is 120 cm³/mol. The van der Waals surface area contributed by atoms with Crippen molar-refractivity contribution in [2.45, 2.75) is 31.5 Å². The van der Waals surface area contributed by atoms with Crippen molar-refractivity contribution >= 4 is 18.0 Å². The Hall–Kier alpha value is -3.56. The molecule has 1 heterocycles. The minimum atomic E-state index is -5.08. The molecule has 3 atom stereocenters. The van der Waals surface area contributed by atoms with Gasteiger partial charge in [-0.2, -0.15) is 13.2 Å². The van der Waals surface area contributed by atoms with Gasteiger partial charge in [0.25, 0.3) is 5.91 Å². The molecule has 2 aromatic rings. The first-order valence-corrected chi connectivity index (χ1v) is 11.3. The zero-order valence-corrected chi connectivity index (χ0v) is 18.9. The van der Waals surface area contributed by atoms with Gasteiger partial charge in [-0.1, -0.05) is 55.5 Å². The number of rotatable bonds is 5. The molecule has 1 aliphatic carbocycles. The van der Waals surface area contributed by atoms with E-state index in [1.165, 1.54) is 0 Å². The lowest BCUT2D eigenvalue weighted by atomic mass is 9.90. The van der Waals surface area contributed by atoms with Crippen LogP contribution < -0.4 is 5.32 Å². The maximum absolute atomic E-state index is 13.7. The molecular weight excluding hydrogens is 465 g/mol. The highest BCUT2D eigenvalue weighted by Crippen LogP contribution is 2.44. The minimum absolute atomic E-state index is 0.0262. The molecule has 186 valence electrons. The minimum Gasteiger partial charge on any atom is -0.481 e. The zero-order chi connectivity index (χ0) is 25.3. The molecule has 2 aromatic carbocycles. The smallest absolute Gasteiger partial charge is 0.417 e. The van der Waals surface area contributed by atoms with Crippen molar-refractivity contribution in [1.82, 2.24) is 10.2 Å². The summed E-state index contributed by atoms with van der Waals surface area (Å²) < 4.78 is 46.4. The van der Waals surface area contributed by atoms with Gasteiger partial charge in [0.1, 0.15) is 6.61 Å². The molecule has 2 amide bonds. The highest BCUT2D eigenvalue weighted by Gasteiger charge is 2.49. The van der Waals surface area contributed by atoms with E-state index in [4.69, 9.17) is 4.74 Å². The number of amides is 2. The summed E-state index contributed by atoms with van der Waals surface area (Å²) in [6.07, 6.45) is -6.19. The van der Waals surface area contributed by atoms with Crippen LogP contribution in [0.1, 0.15) is 30.4 Å². The largest absolute Gasteiger partial charge is 0.481 e. The molecule has 0 aromatic heterocycles. The number of alkyl halides is 3. The van der Waals surface area contributed by atoms with E-state index in [0.717, 1.165) is 27.2 Å². The van der Waals surface area contributed by atoms with Crippen LogP contribution in [0.4, 0.5) is 18.0 Å². The maximum Gasteiger partial charge on any atom is 0.417 e. The van der Waals surface area contributed by atoms with Gasteiger partial charge in [0.05, 0.1) is 5.92 Å². The van der Waals surface area contributed by atoms with E-state index >= 15 is 0 Å². The number of fused-ring (bicyclic) bond motifs is 3. The van der Waals surface area contributed by atoms with Crippen molar-refractivity contribution in [2.75, 3.05) is 19.7 Å². The van der Waals surface area contributed by atoms with Gasteiger partial charge in [-0.3, -0.25) is 9.59 Å². The number of likely N-dealkylation sites (tertiary alicyclic amines) is 1. The molecule has 10 heteroatoms. The third kappa shape index (κ3) is 5.11. The first kappa shape index (κ1) is 24.6. The summed E-state index contributed by atoms with van der Waals surface area (Å²) in [5.74, 6) is -4.19. The number of hydrogen-bond acceptors (Lipinski definition) is 4. The number of hydrogen-bond donors (Lipinski definition) is 2. The highest BCUT2D eigenvalue weighted by atomic mass is 19.4. The van der Waals surface area contributed by atoms with Gasteiger partial charge in [0.2, 0.25) is 6.04 Å². The third-order valence-electron chi connectivity index (χ3n) is 6.50. The van der Waals surface area contributed by atoms with Gasteiger partial charge in [0.15, 0.2) is 0 Å². The Bertz CT molecular complexity index is 1090. The summed E-state index contributed by atoms with van der Waals surface area (Å²) in [5.41, 5.74) is 3.72. The normalized spacial score (nSPS) is 20.5. The lowest BCUT2D eigenvalue weighted by Gasteiger charge is -2.37. The summed E-state index contributed by atoms with van der Waals surface area (Å²) in [5, 5.41) is 10.9. The van der Waals surface area contributed by atoms with Crippen LogP contribution in [-0.2, 0) is 14.3 Å². The summed E-state index contributed by atoms with van der Waals surface area (Å²) in [6.45, 7) is 1.08. The summed E-state index contributed by atoms with van der Waals surface area (Å²) in [6, 6.07) is 12.2. The van der Waals surface area contributed by atoms with Crippen LogP contribution in [0.2, 0.25) is 0 Å². The molecule has 2 aliphatic rings. The van der Waals surface area contributed by atoms with Crippen LogP contribution in [0.25, 0.3) is 11.1 Å². The van der Waals surface area contributed by atoms with Gasteiger partial charge in [-0.05, 0) is 34.6 Å². The Morgan fingerprint density at radius 1 is 1.06 bits per heavy atom. The molecule has 3 unspecified atom stereocenters. The Balaban J connectivity index is 1.46. The molecule has 0 radical (unpaired) electrons. The molecule has 4 rings (SSSR count). The fraction of sp³-hybridized carbons (Fsp3) is 0.400. The Labute approximate surface area is 199 Å². The number of alkyl carbamates (subject to hydrolysis) is 1. The second-order valence-corrected chi connectivity index (χ2v) is 9.06. The number of piperidine rings is 1. The average Bonchev–Trinajstić information content (AvgIpc) is 3.13. The van der Waals surface area contributed by atoms with Crippen molar-refractivity contribution in [1.29, 1.82) is 0 Å². The van der Waals surface area contributed by atoms with Gasteiger partial charge >= 0.3 is 18.2 Å². The number of nitrogens with zero attached hydrogens (tertiary/aromatic N) is 1. The number of carboxylic acid groups (broad SMARTS) is 1. The SMILES string of the molecule is CC1CC(C(=O)O)CN(C(=O)C(NC(=O)OCC2c3ccccc3-c3ccccc32)C(F)(F)F)C1. The molecule has 0 saturated carbocycles. The number of halogens is 3. The lowest BCUT2D eigenvalue weighted by Crippen LogP contribution is -2.58. The third-order valence-corrected chi connectivity index (χ3v) is 6.50. The number of carbonyl (C=O) groups is 3. The lowest BCUT2D eigenvalue weighted by molar-refractivity contribution is -0.176. The second-order valence-electron chi connectivity index (χ2n) is 9.06. The van der Waals surface area contributed by atoms with E-state index in [-0.39, 0.29) is 38.0 Å². The fourth-order valence-electron chi connectivity index (χ4n) is 4.93. The molecule has 35 heavy (non-hydrogen) atoms. The summed E-state index contributed by atoms with van der Waals surface area (Å²) in [4.78, 5) is 37.3. The summed E-state index contributed by atoms with van der Waals surface area (Å²) in [7, 11) is 0. The van der Waals surface area contributed by atoms with E-state index in [2.05, 4.69) is 0 Å². The van der Waals surface area contributed by atoms with Crippen LogP contribution in [0, 0.1) is 11.8 Å². The Kier molecular flexibility index (Phi) is 6.73. The fourth-order valence-corrected chi connectivity index (χ4v) is 4.93.